The lowest BCUT2D eigenvalue weighted by atomic mass is 10.0. The molecule has 0 saturated carbocycles. The normalized spacial score (nSPS) is 13.6. The van der Waals surface area contributed by atoms with Gasteiger partial charge in [-0.15, -0.1) is 0 Å². The molecule has 4 rings (SSSR count). The second-order valence-corrected chi connectivity index (χ2v) is 9.87. The quantitative estimate of drug-likeness (QED) is 0.478. The van der Waals surface area contributed by atoms with Crippen molar-refractivity contribution in [1.82, 2.24) is 9.78 Å². The van der Waals surface area contributed by atoms with Gasteiger partial charge in [-0.1, -0.05) is 19.1 Å². The number of benzene rings is 2. The van der Waals surface area contributed by atoms with Crippen LogP contribution in [0.2, 0.25) is 0 Å². The molecule has 3 N–H and O–H groups in total. The number of fused-ring (bicyclic) bond motifs is 1. The van der Waals surface area contributed by atoms with Crippen LogP contribution in [0.4, 0.5) is 17.2 Å². The summed E-state index contributed by atoms with van der Waals surface area (Å²) in [6, 6.07) is 11.2. The minimum Gasteiger partial charge on any atom is -0.326 e. The van der Waals surface area contributed by atoms with Crippen molar-refractivity contribution in [2.24, 2.45) is 0 Å². The fourth-order valence-electron chi connectivity index (χ4n) is 3.91. The fraction of sp³-hybridized carbons (Fsp3) is 0.250. The maximum absolute atomic E-state index is 13.3. The molecular formula is C24H25N5O5S. The predicted octanol–water partition coefficient (Wildman–Crippen LogP) is 3.55. The molecule has 0 unspecified atom stereocenters. The minimum absolute atomic E-state index is 0.0429. The minimum atomic E-state index is -3.98. The lowest BCUT2D eigenvalue weighted by Crippen LogP contribution is -2.15. The Bertz CT molecular complexity index is 1440. The number of nitrogens with zero attached hydrogens (tertiary/aromatic N) is 2. The van der Waals surface area contributed by atoms with Gasteiger partial charge in [0.15, 0.2) is 0 Å². The highest BCUT2D eigenvalue weighted by molar-refractivity contribution is 7.92. The molecule has 0 atom stereocenters. The van der Waals surface area contributed by atoms with Crippen LogP contribution in [-0.2, 0) is 26.0 Å². The van der Waals surface area contributed by atoms with Crippen LogP contribution in [0.5, 0.6) is 0 Å². The zero-order valence-corrected chi connectivity index (χ0v) is 20.3. The number of rotatable bonds is 6. The van der Waals surface area contributed by atoms with Crippen LogP contribution in [0.25, 0.3) is 11.1 Å². The summed E-state index contributed by atoms with van der Waals surface area (Å²) in [5.74, 6) is -0.579. The number of hydrogen-bond donors (Lipinski definition) is 3. The zero-order chi connectivity index (χ0) is 25.3. The van der Waals surface area contributed by atoms with E-state index in [0.717, 1.165) is 0 Å². The van der Waals surface area contributed by atoms with Gasteiger partial charge in [0.2, 0.25) is 17.7 Å². The first kappa shape index (κ1) is 24.1. The van der Waals surface area contributed by atoms with Crippen LogP contribution in [0.1, 0.15) is 42.7 Å². The van der Waals surface area contributed by atoms with Crippen molar-refractivity contribution in [1.29, 1.82) is 0 Å². The molecular weight excluding hydrogens is 470 g/mol. The summed E-state index contributed by atoms with van der Waals surface area (Å²) < 4.78 is 30.3. The van der Waals surface area contributed by atoms with Gasteiger partial charge in [-0.3, -0.25) is 19.1 Å². The number of aryl methyl sites for hydroxylation is 2. The first-order chi connectivity index (χ1) is 16.6. The van der Waals surface area contributed by atoms with Crippen molar-refractivity contribution in [2.45, 2.75) is 44.9 Å². The third kappa shape index (κ3) is 4.94. The van der Waals surface area contributed by atoms with Crippen LogP contribution in [0, 0.1) is 6.92 Å². The Morgan fingerprint density at radius 1 is 1.09 bits per heavy atom. The van der Waals surface area contributed by atoms with E-state index in [0.29, 0.717) is 40.2 Å². The predicted molar refractivity (Wildman–Crippen MR) is 132 cm³/mol. The summed E-state index contributed by atoms with van der Waals surface area (Å²) >= 11 is 0. The topological polar surface area (TPSA) is 139 Å². The van der Waals surface area contributed by atoms with Crippen LogP contribution in [0.3, 0.4) is 0 Å². The molecule has 0 bridgehead atoms. The Morgan fingerprint density at radius 2 is 1.77 bits per heavy atom. The van der Waals surface area contributed by atoms with Crippen LogP contribution < -0.4 is 15.4 Å². The van der Waals surface area contributed by atoms with Gasteiger partial charge in [-0.2, -0.15) is 9.78 Å². The van der Waals surface area contributed by atoms with E-state index in [-0.39, 0.29) is 41.3 Å². The molecule has 35 heavy (non-hydrogen) atoms. The standard InChI is InChI=1S/C24H25N5O5S/c1-4-19-23(24-26-21(31)11-12-22(32)29(24)27-19)16-6-5-14(2)20(13-16)35(33,34)28-18-9-7-17(8-10-18)25-15(3)30/h5-10,13,28H,4,11-12H2,1-3H3,(H,25,30)(H,26,31). The van der Waals surface area contributed by atoms with E-state index in [1.807, 2.05) is 6.92 Å². The lowest BCUT2D eigenvalue weighted by Gasteiger charge is -2.14. The van der Waals surface area contributed by atoms with Crippen molar-refractivity contribution in [2.75, 3.05) is 15.4 Å². The second-order valence-electron chi connectivity index (χ2n) is 8.22. The van der Waals surface area contributed by atoms with Gasteiger partial charge in [0.25, 0.3) is 10.0 Å². The third-order valence-corrected chi connectivity index (χ3v) is 7.10. The average Bonchev–Trinajstić information content (AvgIpc) is 3.10. The Hall–Kier alpha value is -3.99. The molecule has 1 aromatic heterocycles. The third-order valence-electron chi connectivity index (χ3n) is 5.58. The number of aromatic nitrogens is 2. The molecule has 3 aromatic rings. The molecule has 2 amide bonds. The van der Waals surface area contributed by atoms with Crippen molar-refractivity contribution >= 4 is 44.9 Å². The van der Waals surface area contributed by atoms with Gasteiger partial charge in [-0.05, 0) is 54.8 Å². The lowest BCUT2D eigenvalue weighted by molar-refractivity contribution is -0.116. The van der Waals surface area contributed by atoms with Gasteiger partial charge >= 0.3 is 0 Å². The summed E-state index contributed by atoms with van der Waals surface area (Å²) in [6.07, 6.45) is 0.579. The largest absolute Gasteiger partial charge is 0.326 e. The molecule has 0 radical (unpaired) electrons. The molecule has 11 heteroatoms. The van der Waals surface area contributed by atoms with Crippen molar-refractivity contribution in [3.05, 3.63) is 53.7 Å². The second kappa shape index (κ2) is 9.34. The molecule has 2 aromatic carbocycles. The van der Waals surface area contributed by atoms with E-state index < -0.39 is 10.0 Å². The molecule has 0 saturated heterocycles. The number of anilines is 3. The maximum Gasteiger partial charge on any atom is 0.262 e. The van der Waals surface area contributed by atoms with Gasteiger partial charge < -0.3 is 10.6 Å². The highest BCUT2D eigenvalue weighted by Crippen LogP contribution is 2.36. The van der Waals surface area contributed by atoms with Crippen LogP contribution >= 0.6 is 0 Å². The fourth-order valence-corrected chi connectivity index (χ4v) is 5.24. The highest BCUT2D eigenvalue weighted by atomic mass is 32.2. The number of amides is 2. The highest BCUT2D eigenvalue weighted by Gasteiger charge is 2.28. The van der Waals surface area contributed by atoms with Crippen LogP contribution in [0.15, 0.2) is 47.4 Å². The van der Waals surface area contributed by atoms with E-state index in [9.17, 15) is 22.8 Å². The molecule has 2 heterocycles. The number of hydrogen-bond acceptors (Lipinski definition) is 6. The Morgan fingerprint density at radius 3 is 2.43 bits per heavy atom. The van der Waals surface area contributed by atoms with Crippen molar-refractivity contribution < 1.29 is 22.8 Å². The average molecular weight is 496 g/mol. The van der Waals surface area contributed by atoms with Gasteiger partial charge in [0.1, 0.15) is 5.82 Å². The molecule has 0 aliphatic carbocycles. The van der Waals surface area contributed by atoms with Gasteiger partial charge in [-0.25, -0.2) is 8.42 Å². The molecule has 0 fully saturated rings. The van der Waals surface area contributed by atoms with Crippen LogP contribution in [-0.4, -0.2) is 35.9 Å². The van der Waals surface area contributed by atoms with E-state index in [1.54, 1.807) is 43.3 Å². The van der Waals surface area contributed by atoms with E-state index >= 15 is 0 Å². The number of carbonyl (C=O) groups excluding carboxylic acids is 3. The van der Waals surface area contributed by atoms with E-state index in [4.69, 9.17) is 0 Å². The summed E-state index contributed by atoms with van der Waals surface area (Å²) in [7, 11) is -3.98. The van der Waals surface area contributed by atoms with Crippen molar-refractivity contribution in [3.63, 3.8) is 0 Å². The number of sulfonamides is 1. The zero-order valence-electron chi connectivity index (χ0n) is 19.5. The Labute approximate surface area is 202 Å². The smallest absolute Gasteiger partial charge is 0.262 e. The molecule has 1 aliphatic rings. The van der Waals surface area contributed by atoms with Gasteiger partial charge in [0.05, 0.1) is 10.6 Å². The summed E-state index contributed by atoms with van der Waals surface area (Å²) in [5.41, 5.74) is 3.01. The Kier molecular flexibility index (Phi) is 6.44. The first-order valence-electron chi connectivity index (χ1n) is 11.1. The van der Waals surface area contributed by atoms with E-state index in [2.05, 4.69) is 20.5 Å². The molecule has 10 nitrogen and oxygen atoms in total. The molecule has 1 aliphatic heterocycles. The summed E-state index contributed by atoms with van der Waals surface area (Å²) in [5, 5.41) is 9.77. The van der Waals surface area contributed by atoms with Gasteiger partial charge in [0, 0.05) is 36.7 Å². The van der Waals surface area contributed by atoms with E-state index in [1.165, 1.54) is 17.7 Å². The molecule has 182 valence electrons. The number of carbonyl (C=O) groups is 3. The first-order valence-corrected chi connectivity index (χ1v) is 12.5. The monoisotopic (exact) mass is 495 g/mol. The molecule has 0 spiro atoms. The summed E-state index contributed by atoms with van der Waals surface area (Å²) in [6.45, 7) is 4.94. The summed E-state index contributed by atoms with van der Waals surface area (Å²) in [4.78, 5) is 36.0. The Balaban J connectivity index is 1.74. The van der Waals surface area contributed by atoms with Crippen molar-refractivity contribution in [3.8, 4) is 11.1 Å². The maximum atomic E-state index is 13.3. The SMILES string of the molecule is CCc1nn2c(c1-c1ccc(C)c(S(=O)(=O)Nc3ccc(NC(C)=O)cc3)c1)NC(=O)CCC2=O. The number of nitrogens with one attached hydrogen (secondary N) is 3.